The van der Waals surface area contributed by atoms with E-state index in [1.807, 2.05) is 20.2 Å². The van der Waals surface area contributed by atoms with Crippen LogP contribution in [-0.4, -0.2) is 41.4 Å². The van der Waals surface area contributed by atoms with Crippen molar-refractivity contribution in [1.82, 2.24) is 4.72 Å². The summed E-state index contributed by atoms with van der Waals surface area (Å²) in [6.07, 6.45) is 0.989. The Kier molecular flexibility index (Phi) is 5.53. The first-order valence-corrected chi connectivity index (χ1v) is 10.7. The van der Waals surface area contributed by atoms with Gasteiger partial charge in [-0.2, -0.15) is 0 Å². The highest BCUT2D eigenvalue weighted by Crippen LogP contribution is 2.35. The second-order valence-corrected chi connectivity index (χ2v) is 8.92. The molecular weight excluding hydrogens is 346 g/mol. The van der Waals surface area contributed by atoms with Crippen molar-refractivity contribution in [2.45, 2.75) is 19.4 Å². The molecule has 0 aliphatic carbocycles. The smallest absolute Gasteiger partial charge is 0.211 e. The standard InChI is InChI=1S/C20H27N3O2S/c1-4-26(24,25)21-15-20(17-9-11-18(12-10-17)22(2)3)23-14-13-16-7-5-6-8-19(16)23/h5-12,20-21H,4,13-15H2,1-3H3. The Labute approximate surface area is 156 Å². The lowest BCUT2D eigenvalue weighted by atomic mass is 10.0. The van der Waals surface area contributed by atoms with Crippen molar-refractivity contribution in [1.29, 1.82) is 0 Å². The number of hydrogen-bond acceptors (Lipinski definition) is 4. The lowest BCUT2D eigenvalue weighted by molar-refractivity contribution is 0.564. The molecule has 0 amide bonds. The van der Waals surface area contributed by atoms with Gasteiger partial charge in [-0.1, -0.05) is 30.3 Å². The van der Waals surface area contributed by atoms with Crippen molar-refractivity contribution < 1.29 is 8.42 Å². The molecule has 0 aromatic heterocycles. The van der Waals surface area contributed by atoms with Crippen LogP contribution < -0.4 is 14.5 Å². The van der Waals surface area contributed by atoms with Crippen LogP contribution in [0.1, 0.15) is 24.1 Å². The Bertz CT molecular complexity index is 848. The van der Waals surface area contributed by atoms with E-state index in [0.29, 0.717) is 6.54 Å². The maximum absolute atomic E-state index is 12.0. The minimum Gasteiger partial charge on any atom is -0.378 e. The Hall–Kier alpha value is -2.05. The van der Waals surface area contributed by atoms with Crippen LogP contribution in [-0.2, 0) is 16.4 Å². The topological polar surface area (TPSA) is 52.7 Å². The maximum Gasteiger partial charge on any atom is 0.211 e. The van der Waals surface area contributed by atoms with Crippen molar-refractivity contribution in [3.63, 3.8) is 0 Å². The number of benzene rings is 2. The van der Waals surface area contributed by atoms with E-state index in [1.54, 1.807) is 6.92 Å². The number of para-hydroxylation sites is 1. The summed E-state index contributed by atoms with van der Waals surface area (Å²) in [6, 6.07) is 16.7. The number of rotatable bonds is 7. The zero-order valence-corrected chi connectivity index (χ0v) is 16.5. The van der Waals surface area contributed by atoms with E-state index in [4.69, 9.17) is 0 Å². The molecule has 1 heterocycles. The minimum atomic E-state index is -3.24. The summed E-state index contributed by atoms with van der Waals surface area (Å²) in [6.45, 7) is 2.92. The second-order valence-electron chi connectivity index (χ2n) is 6.83. The molecule has 2 aromatic rings. The van der Waals surface area contributed by atoms with Crippen LogP contribution in [0.15, 0.2) is 48.5 Å². The third-order valence-corrected chi connectivity index (χ3v) is 6.34. The number of nitrogens with zero attached hydrogens (tertiary/aromatic N) is 2. The average Bonchev–Trinajstić information content (AvgIpc) is 3.06. The van der Waals surface area contributed by atoms with Gasteiger partial charge in [0, 0.05) is 38.6 Å². The van der Waals surface area contributed by atoms with E-state index in [1.165, 1.54) is 11.3 Å². The molecule has 6 heteroatoms. The van der Waals surface area contributed by atoms with E-state index in [-0.39, 0.29) is 11.8 Å². The molecule has 2 aromatic carbocycles. The Balaban J connectivity index is 1.92. The van der Waals surface area contributed by atoms with E-state index in [2.05, 4.69) is 57.0 Å². The first kappa shape index (κ1) is 18.7. The van der Waals surface area contributed by atoms with Crippen molar-refractivity contribution >= 4 is 21.4 Å². The third kappa shape index (κ3) is 4.02. The molecule has 1 aliphatic rings. The lowest BCUT2D eigenvalue weighted by Gasteiger charge is -2.31. The van der Waals surface area contributed by atoms with Gasteiger partial charge < -0.3 is 9.80 Å². The molecule has 1 N–H and O–H groups in total. The van der Waals surface area contributed by atoms with Crippen LogP contribution >= 0.6 is 0 Å². The predicted molar refractivity (Wildman–Crippen MR) is 108 cm³/mol. The van der Waals surface area contributed by atoms with Crippen LogP contribution in [0.4, 0.5) is 11.4 Å². The summed E-state index contributed by atoms with van der Waals surface area (Å²) in [5.74, 6) is 0.0931. The second kappa shape index (κ2) is 7.68. The fourth-order valence-electron chi connectivity index (χ4n) is 3.40. The van der Waals surface area contributed by atoms with Gasteiger partial charge in [-0.25, -0.2) is 13.1 Å². The molecule has 0 fully saturated rings. The van der Waals surface area contributed by atoms with Crippen molar-refractivity contribution in [2.75, 3.05) is 42.7 Å². The minimum absolute atomic E-state index is 0.0313. The van der Waals surface area contributed by atoms with E-state index in [0.717, 1.165) is 24.2 Å². The Morgan fingerprint density at radius 3 is 2.46 bits per heavy atom. The molecule has 0 bridgehead atoms. The van der Waals surface area contributed by atoms with Crippen LogP contribution in [0.2, 0.25) is 0 Å². The van der Waals surface area contributed by atoms with Gasteiger partial charge in [0.15, 0.2) is 0 Å². The van der Waals surface area contributed by atoms with E-state index in [9.17, 15) is 8.42 Å². The largest absolute Gasteiger partial charge is 0.378 e. The van der Waals surface area contributed by atoms with Crippen molar-refractivity contribution in [2.24, 2.45) is 0 Å². The van der Waals surface area contributed by atoms with Gasteiger partial charge >= 0.3 is 0 Å². The molecule has 3 rings (SSSR count). The molecule has 140 valence electrons. The van der Waals surface area contributed by atoms with Gasteiger partial charge in [0.2, 0.25) is 10.0 Å². The van der Waals surface area contributed by atoms with Crippen LogP contribution in [0.3, 0.4) is 0 Å². The summed E-state index contributed by atoms with van der Waals surface area (Å²) < 4.78 is 26.8. The number of hydrogen-bond donors (Lipinski definition) is 1. The highest BCUT2D eigenvalue weighted by molar-refractivity contribution is 7.89. The quantitative estimate of drug-likeness (QED) is 0.811. The normalized spacial score (nSPS) is 15.0. The molecule has 0 saturated carbocycles. The Morgan fingerprint density at radius 2 is 1.81 bits per heavy atom. The molecule has 1 aliphatic heterocycles. The van der Waals surface area contributed by atoms with Crippen molar-refractivity contribution in [3.05, 3.63) is 59.7 Å². The van der Waals surface area contributed by atoms with Gasteiger partial charge in [-0.05, 0) is 42.7 Å². The zero-order valence-electron chi connectivity index (χ0n) is 15.6. The SMILES string of the molecule is CCS(=O)(=O)NCC(c1ccc(N(C)C)cc1)N1CCc2ccccc21. The molecule has 26 heavy (non-hydrogen) atoms. The van der Waals surface area contributed by atoms with Gasteiger partial charge in [0.1, 0.15) is 0 Å². The van der Waals surface area contributed by atoms with Gasteiger partial charge in [0.05, 0.1) is 11.8 Å². The fraction of sp³-hybridized carbons (Fsp3) is 0.400. The summed E-state index contributed by atoms with van der Waals surface area (Å²) in [4.78, 5) is 4.38. The van der Waals surface area contributed by atoms with E-state index >= 15 is 0 Å². The maximum atomic E-state index is 12.0. The summed E-state index contributed by atoms with van der Waals surface area (Å²) in [7, 11) is 0.789. The number of nitrogens with one attached hydrogen (secondary N) is 1. The Morgan fingerprint density at radius 1 is 1.12 bits per heavy atom. The van der Waals surface area contributed by atoms with Crippen molar-refractivity contribution in [3.8, 4) is 0 Å². The summed E-state index contributed by atoms with van der Waals surface area (Å²) >= 11 is 0. The number of fused-ring (bicyclic) bond motifs is 1. The first-order chi connectivity index (χ1) is 12.4. The summed E-state index contributed by atoms with van der Waals surface area (Å²) in [5, 5.41) is 0. The predicted octanol–water partition coefficient (Wildman–Crippen LogP) is 2.80. The summed E-state index contributed by atoms with van der Waals surface area (Å²) in [5.41, 5.74) is 4.76. The third-order valence-electron chi connectivity index (χ3n) is 4.97. The number of anilines is 2. The fourth-order valence-corrected chi connectivity index (χ4v) is 4.01. The van der Waals surface area contributed by atoms with Gasteiger partial charge in [-0.3, -0.25) is 0 Å². The molecule has 0 radical (unpaired) electrons. The van der Waals surface area contributed by atoms with Gasteiger partial charge in [-0.15, -0.1) is 0 Å². The van der Waals surface area contributed by atoms with Crippen LogP contribution in [0.5, 0.6) is 0 Å². The average molecular weight is 374 g/mol. The molecular formula is C20H27N3O2S. The molecule has 0 spiro atoms. The first-order valence-electron chi connectivity index (χ1n) is 9.00. The monoisotopic (exact) mass is 373 g/mol. The lowest BCUT2D eigenvalue weighted by Crippen LogP contribution is -2.38. The molecule has 1 unspecified atom stereocenters. The molecule has 0 saturated heterocycles. The van der Waals surface area contributed by atoms with Crippen LogP contribution in [0.25, 0.3) is 0 Å². The van der Waals surface area contributed by atoms with E-state index < -0.39 is 10.0 Å². The molecule has 5 nitrogen and oxygen atoms in total. The van der Waals surface area contributed by atoms with Crippen LogP contribution in [0, 0.1) is 0 Å². The zero-order chi connectivity index (χ0) is 18.7. The highest BCUT2D eigenvalue weighted by atomic mass is 32.2. The highest BCUT2D eigenvalue weighted by Gasteiger charge is 2.28. The molecule has 1 atom stereocenters. The number of sulfonamides is 1. The van der Waals surface area contributed by atoms with Gasteiger partial charge in [0.25, 0.3) is 0 Å².